The summed E-state index contributed by atoms with van der Waals surface area (Å²) in [6.07, 6.45) is 5.91. The molecule has 0 saturated carbocycles. The standard InChI is InChI=1S/C50H50O6/c1-9-11-12-48(38(6)56-40(8)52)28-24-44-26-30-50(36(4)32-44)54-34-46-21-17-42(18-22-46)14-13-41-15-19-45(20-16-41)33-53-49-29-25-43(31-35(49)3)23-27-47(10-2)37(5)55-39(7)51/h10-12,15-22,25-26,29-32,37-38,47-48H,2,9,33-34H2,1,3-8H3/b12-11-/t37?,38?,47-,48?/m0/s1. The zero-order chi connectivity index (χ0) is 40.5. The highest BCUT2D eigenvalue weighted by molar-refractivity contribution is 5.66. The van der Waals surface area contributed by atoms with Gasteiger partial charge in [-0.3, -0.25) is 9.59 Å². The van der Waals surface area contributed by atoms with Gasteiger partial charge in [-0.2, -0.15) is 0 Å². The Morgan fingerprint density at radius 3 is 1.43 bits per heavy atom. The number of carbonyl (C=O) groups is 2. The largest absolute Gasteiger partial charge is 0.489 e. The molecule has 0 N–H and O–H groups in total. The molecule has 0 heterocycles. The lowest BCUT2D eigenvalue weighted by molar-refractivity contribution is -0.147. The first-order chi connectivity index (χ1) is 26.9. The zero-order valence-corrected chi connectivity index (χ0v) is 33.4. The molecule has 0 bridgehead atoms. The Morgan fingerprint density at radius 2 is 1.04 bits per heavy atom. The number of aryl methyl sites for hydroxylation is 2. The number of ether oxygens (including phenoxy) is 4. The monoisotopic (exact) mass is 746 g/mol. The minimum Gasteiger partial charge on any atom is -0.489 e. The predicted octanol–water partition coefficient (Wildman–Crippen LogP) is 9.85. The minimum absolute atomic E-state index is 0.188. The smallest absolute Gasteiger partial charge is 0.302 e. The van der Waals surface area contributed by atoms with E-state index in [2.05, 4.69) is 49.0 Å². The summed E-state index contributed by atoms with van der Waals surface area (Å²) < 4.78 is 22.9. The van der Waals surface area contributed by atoms with Crippen molar-refractivity contribution in [2.45, 2.75) is 80.3 Å². The van der Waals surface area contributed by atoms with Crippen LogP contribution in [0.25, 0.3) is 0 Å². The first-order valence-electron chi connectivity index (χ1n) is 18.8. The second kappa shape index (κ2) is 21.5. The van der Waals surface area contributed by atoms with Crippen molar-refractivity contribution in [3.63, 3.8) is 0 Å². The molecule has 6 nitrogen and oxygen atoms in total. The molecule has 4 aromatic rings. The third kappa shape index (κ3) is 13.8. The van der Waals surface area contributed by atoms with Crippen molar-refractivity contribution >= 4 is 11.9 Å². The summed E-state index contributed by atoms with van der Waals surface area (Å²) in [5.41, 5.74) is 7.59. The van der Waals surface area contributed by atoms with E-state index >= 15 is 0 Å². The molecular formula is C50H50O6. The van der Waals surface area contributed by atoms with Crippen LogP contribution in [0.5, 0.6) is 11.5 Å². The zero-order valence-electron chi connectivity index (χ0n) is 33.4. The summed E-state index contributed by atoms with van der Waals surface area (Å²) in [5, 5.41) is 0. The lowest BCUT2D eigenvalue weighted by atomic mass is 10.0. The van der Waals surface area contributed by atoms with Crippen LogP contribution >= 0.6 is 0 Å². The van der Waals surface area contributed by atoms with E-state index in [4.69, 9.17) is 18.9 Å². The van der Waals surface area contributed by atoms with Crippen LogP contribution in [0.2, 0.25) is 0 Å². The molecule has 4 aromatic carbocycles. The lowest BCUT2D eigenvalue weighted by Gasteiger charge is -2.15. The summed E-state index contributed by atoms with van der Waals surface area (Å²) in [6, 6.07) is 27.8. The Kier molecular flexibility index (Phi) is 16.2. The Labute approximate surface area is 332 Å². The molecule has 4 rings (SSSR count). The van der Waals surface area contributed by atoms with Crippen molar-refractivity contribution in [2.24, 2.45) is 11.8 Å². The maximum atomic E-state index is 11.4. The molecule has 0 aliphatic rings. The summed E-state index contributed by atoms with van der Waals surface area (Å²) in [7, 11) is 0. The molecular weight excluding hydrogens is 697 g/mol. The topological polar surface area (TPSA) is 71.1 Å². The average molecular weight is 747 g/mol. The summed E-state index contributed by atoms with van der Waals surface area (Å²) in [6.45, 7) is 17.2. The summed E-state index contributed by atoms with van der Waals surface area (Å²) in [4.78, 5) is 22.7. The Hall–Kier alpha value is -6.42. The maximum Gasteiger partial charge on any atom is 0.302 e. The maximum absolute atomic E-state index is 11.4. The van der Waals surface area contributed by atoms with Crippen molar-refractivity contribution in [1.82, 2.24) is 0 Å². The molecule has 0 fully saturated rings. The minimum atomic E-state index is -0.370. The van der Waals surface area contributed by atoms with Crippen LogP contribution in [0.15, 0.2) is 110 Å². The van der Waals surface area contributed by atoms with Crippen LogP contribution in [0, 0.1) is 61.2 Å². The number of rotatable bonds is 13. The van der Waals surface area contributed by atoms with Crippen LogP contribution < -0.4 is 9.47 Å². The fourth-order valence-corrected chi connectivity index (χ4v) is 5.59. The number of allylic oxidation sites excluding steroid dienone is 1. The predicted molar refractivity (Wildman–Crippen MR) is 223 cm³/mol. The second-order valence-electron chi connectivity index (χ2n) is 13.5. The number of carbonyl (C=O) groups excluding carboxylic acids is 2. The quantitative estimate of drug-likeness (QED) is 0.0771. The van der Waals surface area contributed by atoms with Gasteiger partial charge in [0, 0.05) is 36.1 Å². The van der Waals surface area contributed by atoms with Gasteiger partial charge in [-0.05, 0) is 117 Å². The highest BCUT2D eigenvalue weighted by Gasteiger charge is 2.15. The molecule has 0 radical (unpaired) electrons. The number of hydrogen-bond donors (Lipinski definition) is 0. The van der Waals surface area contributed by atoms with Gasteiger partial charge in [-0.25, -0.2) is 0 Å². The van der Waals surface area contributed by atoms with Crippen LogP contribution in [-0.4, -0.2) is 24.1 Å². The van der Waals surface area contributed by atoms with Gasteiger partial charge in [0.05, 0.1) is 11.8 Å². The number of benzene rings is 4. The molecule has 0 aliphatic heterocycles. The van der Waals surface area contributed by atoms with Gasteiger partial charge in [0.15, 0.2) is 0 Å². The molecule has 3 unspecified atom stereocenters. The van der Waals surface area contributed by atoms with E-state index in [1.807, 2.05) is 125 Å². The van der Waals surface area contributed by atoms with E-state index in [0.29, 0.717) is 13.2 Å². The van der Waals surface area contributed by atoms with Gasteiger partial charge in [0.1, 0.15) is 36.9 Å². The van der Waals surface area contributed by atoms with E-state index in [9.17, 15) is 9.59 Å². The fourth-order valence-electron chi connectivity index (χ4n) is 5.59. The van der Waals surface area contributed by atoms with Gasteiger partial charge >= 0.3 is 11.9 Å². The summed E-state index contributed by atoms with van der Waals surface area (Å²) >= 11 is 0. The Bertz CT molecular complexity index is 2190. The van der Waals surface area contributed by atoms with Gasteiger partial charge in [-0.15, -0.1) is 6.58 Å². The third-order valence-electron chi connectivity index (χ3n) is 8.71. The second-order valence-corrected chi connectivity index (χ2v) is 13.5. The molecule has 0 amide bonds. The third-order valence-corrected chi connectivity index (χ3v) is 8.71. The van der Waals surface area contributed by atoms with E-state index < -0.39 is 0 Å². The van der Waals surface area contributed by atoms with Crippen LogP contribution in [-0.2, 0) is 32.3 Å². The number of esters is 2. The highest BCUT2D eigenvalue weighted by atomic mass is 16.5. The first-order valence-corrected chi connectivity index (χ1v) is 18.8. The Morgan fingerprint density at radius 1 is 0.625 bits per heavy atom. The molecule has 0 saturated heterocycles. The number of hydrogen-bond acceptors (Lipinski definition) is 6. The van der Waals surface area contributed by atoms with Crippen molar-refractivity contribution < 1.29 is 28.5 Å². The van der Waals surface area contributed by atoms with Gasteiger partial charge in [0.25, 0.3) is 0 Å². The Balaban J connectivity index is 1.28. The van der Waals surface area contributed by atoms with E-state index in [1.54, 1.807) is 6.08 Å². The van der Waals surface area contributed by atoms with Gasteiger partial charge in [-0.1, -0.05) is 84.9 Å². The molecule has 56 heavy (non-hydrogen) atoms. The van der Waals surface area contributed by atoms with Crippen LogP contribution in [0.1, 0.15) is 85.5 Å². The highest BCUT2D eigenvalue weighted by Crippen LogP contribution is 2.22. The van der Waals surface area contributed by atoms with Gasteiger partial charge in [0.2, 0.25) is 0 Å². The van der Waals surface area contributed by atoms with E-state index in [0.717, 1.165) is 62.4 Å². The average Bonchev–Trinajstić information content (AvgIpc) is 3.17. The fraction of sp³-hybridized carbons (Fsp3) is 0.280. The van der Waals surface area contributed by atoms with E-state index in [-0.39, 0.29) is 36.0 Å². The lowest BCUT2D eigenvalue weighted by Crippen LogP contribution is -2.20. The molecule has 0 aliphatic carbocycles. The summed E-state index contributed by atoms with van der Waals surface area (Å²) in [5.74, 6) is 19.7. The molecule has 4 atom stereocenters. The van der Waals surface area contributed by atoms with Crippen molar-refractivity contribution in [3.05, 3.63) is 154 Å². The SMILES string of the molecule is C=C[C@@H](C#Cc1ccc(OCc2ccc(C#Cc3ccc(COc4ccc(C#CC(/C=C\CC)C(C)OC(C)=O)cc4C)cc3)cc2)c(C)c1)C(C)OC(C)=O. The van der Waals surface area contributed by atoms with Crippen molar-refractivity contribution in [1.29, 1.82) is 0 Å². The molecule has 286 valence electrons. The molecule has 0 aromatic heterocycles. The molecule has 0 spiro atoms. The van der Waals surface area contributed by atoms with Crippen LogP contribution in [0.4, 0.5) is 0 Å². The molecule has 6 heteroatoms. The normalized spacial score (nSPS) is 12.6. The van der Waals surface area contributed by atoms with Crippen LogP contribution in [0.3, 0.4) is 0 Å². The van der Waals surface area contributed by atoms with Gasteiger partial charge < -0.3 is 18.9 Å². The van der Waals surface area contributed by atoms with Crippen molar-refractivity contribution in [2.75, 3.05) is 0 Å². The first kappa shape index (κ1) is 42.3. The van der Waals surface area contributed by atoms with Crippen molar-refractivity contribution in [3.8, 4) is 47.0 Å². The van der Waals surface area contributed by atoms with E-state index in [1.165, 1.54) is 13.8 Å².